The molecule has 0 aliphatic heterocycles. The lowest BCUT2D eigenvalue weighted by Crippen LogP contribution is -2.34. The largest absolute Gasteiger partial charge is 0.466 e. The average molecular weight is 271 g/mol. The summed E-state index contributed by atoms with van der Waals surface area (Å²) in [6, 6.07) is 0.117. The van der Waals surface area contributed by atoms with E-state index in [1.54, 1.807) is 4.90 Å². The Morgan fingerprint density at radius 3 is 2.42 bits per heavy atom. The molecule has 0 aromatic heterocycles. The van der Waals surface area contributed by atoms with Gasteiger partial charge < -0.3 is 14.4 Å². The summed E-state index contributed by atoms with van der Waals surface area (Å²) in [6.45, 7) is 4.41. The third-order valence-corrected chi connectivity index (χ3v) is 2.56. The lowest BCUT2D eigenvalue weighted by atomic mass is 10.2. The van der Waals surface area contributed by atoms with Gasteiger partial charge >= 0.3 is 11.9 Å². The second-order valence-electron chi connectivity index (χ2n) is 4.00. The van der Waals surface area contributed by atoms with Crippen molar-refractivity contribution in [3.63, 3.8) is 0 Å². The van der Waals surface area contributed by atoms with Crippen molar-refractivity contribution in [1.82, 2.24) is 4.90 Å². The van der Waals surface area contributed by atoms with Crippen LogP contribution in [0.1, 0.15) is 26.7 Å². The van der Waals surface area contributed by atoms with Crippen LogP contribution < -0.4 is 0 Å². The van der Waals surface area contributed by atoms with Gasteiger partial charge in [-0.25, -0.2) is 9.59 Å². The van der Waals surface area contributed by atoms with Gasteiger partial charge in [-0.15, -0.1) is 0 Å². The summed E-state index contributed by atoms with van der Waals surface area (Å²) in [6.07, 6.45) is 4.60. The number of nitrogens with zero attached hydrogens (tertiary/aromatic N) is 1. The van der Waals surface area contributed by atoms with Crippen molar-refractivity contribution < 1.29 is 23.9 Å². The van der Waals surface area contributed by atoms with Crippen molar-refractivity contribution in [3.05, 3.63) is 12.2 Å². The Morgan fingerprint density at radius 2 is 1.89 bits per heavy atom. The Bertz CT molecular complexity index is 327. The van der Waals surface area contributed by atoms with Gasteiger partial charge in [0.15, 0.2) is 0 Å². The van der Waals surface area contributed by atoms with Crippen LogP contribution in [-0.2, 0) is 23.9 Å². The molecule has 1 amide bonds. The molecule has 0 fully saturated rings. The molecule has 0 N–H and O–H groups in total. The van der Waals surface area contributed by atoms with Gasteiger partial charge in [0.25, 0.3) is 0 Å². The molecule has 6 heteroatoms. The summed E-state index contributed by atoms with van der Waals surface area (Å²) in [4.78, 5) is 34.4. The van der Waals surface area contributed by atoms with Crippen molar-refractivity contribution in [2.75, 3.05) is 20.3 Å². The Balaban J connectivity index is 3.99. The molecule has 0 bridgehead atoms. The SMILES string of the molecule is CCCC(C)N(C=O)CCOC(=O)/C=C/C(=O)OC. The number of carbonyl (C=O) groups is 3. The van der Waals surface area contributed by atoms with E-state index in [1.807, 2.05) is 13.8 Å². The van der Waals surface area contributed by atoms with E-state index in [1.165, 1.54) is 7.11 Å². The Labute approximate surface area is 113 Å². The third-order valence-electron chi connectivity index (χ3n) is 2.56. The van der Waals surface area contributed by atoms with Gasteiger partial charge in [-0.05, 0) is 13.3 Å². The van der Waals surface area contributed by atoms with E-state index in [0.29, 0.717) is 6.54 Å². The zero-order valence-corrected chi connectivity index (χ0v) is 11.6. The monoisotopic (exact) mass is 271 g/mol. The molecular formula is C13H21NO5. The van der Waals surface area contributed by atoms with E-state index in [-0.39, 0.29) is 12.6 Å². The summed E-state index contributed by atoms with van der Waals surface area (Å²) in [5.41, 5.74) is 0. The maximum absolute atomic E-state index is 11.2. The van der Waals surface area contributed by atoms with Gasteiger partial charge in [0.2, 0.25) is 6.41 Å². The van der Waals surface area contributed by atoms with Crippen molar-refractivity contribution in [2.24, 2.45) is 0 Å². The molecule has 0 heterocycles. The quantitative estimate of drug-likeness (QED) is 0.354. The zero-order valence-electron chi connectivity index (χ0n) is 11.6. The molecule has 0 rings (SSSR count). The van der Waals surface area contributed by atoms with Crippen LogP contribution in [0.3, 0.4) is 0 Å². The van der Waals surface area contributed by atoms with Crippen LogP contribution in [0.5, 0.6) is 0 Å². The lowest BCUT2D eigenvalue weighted by molar-refractivity contribution is -0.140. The fourth-order valence-electron chi connectivity index (χ4n) is 1.46. The van der Waals surface area contributed by atoms with E-state index in [4.69, 9.17) is 4.74 Å². The predicted molar refractivity (Wildman–Crippen MR) is 69.3 cm³/mol. The summed E-state index contributed by atoms with van der Waals surface area (Å²) in [5, 5.41) is 0. The standard InChI is InChI=1S/C13H21NO5/c1-4-5-11(2)14(10-15)8-9-19-13(17)7-6-12(16)18-3/h6-7,10-11H,4-5,8-9H2,1-3H3/b7-6+. The normalized spacial score (nSPS) is 11.9. The molecular weight excluding hydrogens is 250 g/mol. The van der Waals surface area contributed by atoms with Crippen LogP contribution >= 0.6 is 0 Å². The highest BCUT2D eigenvalue weighted by atomic mass is 16.5. The minimum absolute atomic E-state index is 0.0944. The molecule has 1 atom stereocenters. The first-order valence-corrected chi connectivity index (χ1v) is 6.19. The number of rotatable bonds is 9. The highest BCUT2D eigenvalue weighted by molar-refractivity contribution is 5.91. The highest BCUT2D eigenvalue weighted by Crippen LogP contribution is 2.03. The van der Waals surface area contributed by atoms with Crippen molar-refractivity contribution in [1.29, 1.82) is 0 Å². The van der Waals surface area contributed by atoms with E-state index < -0.39 is 11.9 Å². The van der Waals surface area contributed by atoms with Crippen LogP contribution in [0.25, 0.3) is 0 Å². The maximum atomic E-state index is 11.2. The topological polar surface area (TPSA) is 72.9 Å². The molecule has 0 aromatic carbocycles. The second-order valence-corrected chi connectivity index (χ2v) is 4.00. The molecule has 0 aromatic rings. The first-order valence-electron chi connectivity index (χ1n) is 6.19. The van der Waals surface area contributed by atoms with Crippen molar-refractivity contribution in [3.8, 4) is 0 Å². The molecule has 1 unspecified atom stereocenters. The highest BCUT2D eigenvalue weighted by Gasteiger charge is 2.10. The summed E-state index contributed by atoms with van der Waals surface area (Å²) in [7, 11) is 1.22. The van der Waals surface area contributed by atoms with Crippen LogP contribution in [0.4, 0.5) is 0 Å². The molecule has 19 heavy (non-hydrogen) atoms. The van der Waals surface area contributed by atoms with Crippen LogP contribution in [0, 0.1) is 0 Å². The Kier molecular flexibility index (Phi) is 9.12. The van der Waals surface area contributed by atoms with E-state index in [0.717, 1.165) is 31.4 Å². The van der Waals surface area contributed by atoms with E-state index >= 15 is 0 Å². The Morgan fingerprint density at radius 1 is 1.26 bits per heavy atom. The zero-order chi connectivity index (χ0) is 14.7. The number of hydrogen-bond donors (Lipinski definition) is 0. The number of esters is 2. The van der Waals surface area contributed by atoms with Gasteiger partial charge in [0.05, 0.1) is 13.7 Å². The number of amides is 1. The summed E-state index contributed by atoms with van der Waals surface area (Å²) >= 11 is 0. The maximum Gasteiger partial charge on any atom is 0.331 e. The van der Waals surface area contributed by atoms with Gasteiger partial charge in [-0.2, -0.15) is 0 Å². The van der Waals surface area contributed by atoms with Crippen molar-refractivity contribution >= 4 is 18.3 Å². The fraction of sp³-hybridized carbons (Fsp3) is 0.615. The molecule has 0 aliphatic rings. The van der Waals surface area contributed by atoms with Crippen LogP contribution in [0.15, 0.2) is 12.2 Å². The van der Waals surface area contributed by atoms with Crippen LogP contribution in [0.2, 0.25) is 0 Å². The first kappa shape index (κ1) is 17.2. The van der Waals surface area contributed by atoms with Gasteiger partial charge in [0, 0.05) is 18.2 Å². The molecule has 108 valence electrons. The predicted octanol–water partition coefficient (Wildman–Crippen LogP) is 0.906. The minimum Gasteiger partial charge on any atom is -0.466 e. The number of carbonyl (C=O) groups excluding carboxylic acids is 3. The molecule has 6 nitrogen and oxygen atoms in total. The number of methoxy groups -OCH3 is 1. The molecule has 0 spiro atoms. The van der Waals surface area contributed by atoms with Crippen molar-refractivity contribution in [2.45, 2.75) is 32.7 Å². The molecule has 0 saturated carbocycles. The van der Waals surface area contributed by atoms with Gasteiger partial charge in [-0.3, -0.25) is 4.79 Å². The Hall–Kier alpha value is -1.85. The van der Waals surface area contributed by atoms with Gasteiger partial charge in [-0.1, -0.05) is 13.3 Å². The first-order chi connectivity index (χ1) is 9.04. The third kappa shape index (κ3) is 7.96. The number of ether oxygens (including phenoxy) is 2. The molecule has 0 radical (unpaired) electrons. The fourth-order valence-corrected chi connectivity index (χ4v) is 1.46. The summed E-state index contributed by atoms with van der Waals surface area (Å²) < 4.78 is 9.19. The smallest absolute Gasteiger partial charge is 0.331 e. The number of hydrogen-bond acceptors (Lipinski definition) is 5. The average Bonchev–Trinajstić information content (AvgIpc) is 2.41. The van der Waals surface area contributed by atoms with Gasteiger partial charge in [0.1, 0.15) is 6.61 Å². The van der Waals surface area contributed by atoms with E-state index in [9.17, 15) is 14.4 Å². The van der Waals surface area contributed by atoms with E-state index in [2.05, 4.69) is 4.74 Å². The van der Waals surface area contributed by atoms with Crippen LogP contribution in [-0.4, -0.2) is 49.6 Å². The molecule has 0 saturated heterocycles. The minimum atomic E-state index is -0.639. The molecule has 0 aliphatic carbocycles. The summed E-state index contributed by atoms with van der Waals surface area (Å²) in [5.74, 6) is -1.26. The lowest BCUT2D eigenvalue weighted by Gasteiger charge is -2.24. The second kappa shape index (κ2) is 10.1.